The van der Waals surface area contributed by atoms with Gasteiger partial charge in [-0.2, -0.15) is 0 Å². The Morgan fingerprint density at radius 2 is 0.766 bits per heavy atom. The van der Waals surface area contributed by atoms with Crippen LogP contribution in [-0.4, -0.2) is 4.57 Å². The van der Waals surface area contributed by atoms with Gasteiger partial charge in [-0.1, -0.05) is 206 Å². The van der Waals surface area contributed by atoms with Gasteiger partial charge in [0.25, 0.3) is 0 Å². The van der Waals surface area contributed by atoms with E-state index in [1.165, 1.54) is 71.2 Å². The molecule has 0 saturated heterocycles. The molecular formula is C62H42N2. The molecule has 0 aliphatic heterocycles. The Morgan fingerprint density at radius 1 is 0.266 bits per heavy atom. The molecule has 0 amide bonds. The molecule has 0 bridgehead atoms. The van der Waals surface area contributed by atoms with Crippen LogP contribution < -0.4 is 4.90 Å². The average Bonchev–Trinajstić information content (AvgIpc) is 3.71. The van der Waals surface area contributed by atoms with Gasteiger partial charge in [-0.05, 0) is 98.1 Å². The zero-order valence-corrected chi connectivity index (χ0v) is 35.1. The maximum Gasteiger partial charge on any atom is 0.0541 e. The van der Waals surface area contributed by atoms with E-state index in [2.05, 4.69) is 264 Å². The third-order valence-electron chi connectivity index (χ3n) is 12.8. The lowest BCUT2D eigenvalue weighted by molar-refractivity contribution is 1.18. The second-order valence-corrected chi connectivity index (χ2v) is 16.4. The van der Waals surface area contributed by atoms with Crippen molar-refractivity contribution in [2.24, 2.45) is 0 Å². The first-order valence-electron chi connectivity index (χ1n) is 22.0. The zero-order valence-electron chi connectivity index (χ0n) is 35.1. The first-order valence-corrected chi connectivity index (χ1v) is 22.0. The van der Waals surface area contributed by atoms with Gasteiger partial charge in [0, 0.05) is 33.0 Å². The highest BCUT2D eigenvalue weighted by Gasteiger charge is 2.22. The van der Waals surface area contributed by atoms with Gasteiger partial charge in [0.2, 0.25) is 0 Å². The molecule has 64 heavy (non-hydrogen) atoms. The van der Waals surface area contributed by atoms with Gasteiger partial charge in [0.15, 0.2) is 0 Å². The molecule has 11 aromatic carbocycles. The van der Waals surface area contributed by atoms with Crippen LogP contribution in [0.25, 0.3) is 93.5 Å². The van der Waals surface area contributed by atoms with Gasteiger partial charge in [0.1, 0.15) is 0 Å². The van der Waals surface area contributed by atoms with E-state index >= 15 is 0 Å². The van der Waals surface area contributed by atoms with Crippen LogP contribution in [0.5, 0.6) is 0 Å². The smallest absolute Gasteiger partial charge is 0.0541 e. The molecule has 0 aliphatic carbocycles. The molecule has 0 spiro atoms. The van der Waals surface area contributed by atoms with Crippen molar-refractivity contribution in [2.75, 3.05) is 4.90 Å². The van der Waals surface area contributed by atoms with E-state index in [4.69, 9.17) is 0 Å². The fraction of sp³-hybridized carbons (Fsp3) is 0. The van der Waals surface area contributed by atoms with E-state index in [9.17, 15) is 0 Å². The van der Waals surface area contributed by atoms with Gasteiger partial charge < -0.3 is 9.47 Å². The molecule has 12 aromatic rings. The number of hydrogen-bond acceptors (Lipinski definition) is 1. The molecule has 1 heterocycles. The number of para-hydroxylation sites is 3. The summed E-state index contributed by atoms with van der Waals surface area (Å²) in [5, 5.41) is 7.39. The number of nitrogens with zero attached hydrogens (tertiary/aromatic N) is 2. The third-order valence-corrected chi connectivity index (χ3v) is 12.8. The number of benzene rings is 11. The first kappa shape index (κ1) is 37.3. The summed E-state index contributed by atoms with van der Waals surface area (Å²) in [4.78, 5) is 2.45. The number of rotatable bonds is 8. The second kappa shape index (κ2) is 15.8. The molecule has 300 valence electrons. The van der Waals surface area contributed by atoms with Crippen LogP contribution in [0.1, 0.15) is 0 Å². The summed E-state index contributed by atoms with van der Waals surface area (Å²) in [6, 6.07) is 92.8. The van der Waals surface area contributed by atoms with Crippen molar-refractivity contribution in [3.05, 3.63) is 255 Å². The predicted octanol–water partition coefficient (Wildman–Crippen LogP) is 17.2. The molecule has 2 nitrogen and oxygen atoms in total. The standard InChI is InChI=1S/C62H42N2/c1-2-18-45(19-3-1)57-42-47(52-27-10-13-32-59(52)64-60-33-14-11-29-55(60)56-30-12-15-34-61(56)64)38-41-62(57)63(58-35-17-23-44-21-5-7-26-51(44)58)48-39-36-46(37-40-48)50-25-8-9-28-53(50)54-31-16-22-43-20-4-6-24-49(43)54/h1-42H. The fourth-order valence-electron chi connectivity index (χ4n) is 9.87. The largest absolute Gasteiger partial charge is 0.309 e. The quantitative estimate of drug-likeness (QED) is 0.148. The monoisotopic (exact) mass is 814 g/mol. The Bertz CT molecular complexity index is 3610. The second-order valence-electron chi connectivity index (χ2n) is 16.4. The molecule has 12 rings (SSSR count). The summed E-state index contributed by atoms with van der Waals surface area (Å²) < 4.78 is 2.43. The zero-order chi connectivity index (χ0) is 42.4. The highest BCUT2D eigenvalue weighted by atomic mass is 15.1. The van der Waals surface area contributed by atoms with E-state index in [0.29, 0.717) is 0 Å². The number of aromatic nitrogens is 1. The van der Waals surface area contributed by atoms with E-state index in [1.54, 1.807) is 0 Å². The van der Waals surface area contributed by atoms with Crippen molar-refractivity contribution >= 4 is 60.4 Å². The van der Waals surface area contributed by atoms with E-state index < -0.39 is 0 Å². The van der Waals surface area contributed by atoms with Gasteiger partial charge in [-0.3, -0.25) is 0 Å². The van der Waals surface area contributed by atoms with Crippen molar-refractivity contribution in [2.45, 2.75) is 0 Å². The lowest BCUT2D eigenvalue weighted by Gasteiger charge is -2.30. The molecular weight excluding hydrogens is 773 g/mol. The molecule has 0 atom stereocenters. The van der Waals surface area contributed by atoms with Crippen molar-refractivity contribution in [3.8, 4) is 50.2 Å². The fourth-order valence-corrected chi connectivity index (χ4v) is 9.87. The summed E-state index contributed by atoms with van der Waals surface area (Å²) in [6.07, 6.45) is 0. The molecule has 0 N–H and O–H groups in total. The Morgan fingerprint density at radius 3 is 1.50 bits per heavy atom. The van der Waals surface area contributed by atoms with E-state index in [1.807, 2.05) is 0 Å². The van der Waals surface area contributed by atoms with Crippen LogP contribution in [0.15, 0.2) is 255 Å². The van der Waals surface area contributed by atoms with Gasteiger partial charge in [0.05, 0.1) is 28.1 Å². The lowest BCUT2D eigenvalue weighted by atomic mass is 9.91. The topological polar surface area (TPSA) is 8.17 Å². The number of anilines is 3. The lowest BCUT2D eigenvalue weighted by Crippen LogP contribution is -2.12. The van der Waals surface area contributed by atoms with Crippen LogP contribution in [0.2, 0.25) is 0 Å². The van der Waals surface area contributed by atoms with E-state index in [0.717, 1.165) is 39.4 Å². The van der Waals surface area contributed by atoms with Crippen LogP contribution >= 0.6 is 0 Å². The Kier molecular flexibility index (Phi) is 9.20. The molecule has 0 fully saturated rings. The highest BCUT2D eigenvalue weighted by Crippen LogP contribution is 2.47. The molecule has 2 heteroatoms. The molecule has 1 aromatic heterocycles. The Hall–Kier alpha value is -8.46. The minimum Gasteiger partial charge on any atom is -0.309 e. The summed E-state index contributed by atoms with van der Waals surface area (Å²) in [6.45, 7) is 0. The average molecular weight is 815 g/mol. The first-order chi connectivity index (χ1) is 31.8. The Labute approximate surface area is 373 Å². The summed E-state index contributed by atoms with van der Waals surface area (Å²) in [7, 11) is 0. The van der Waals surface area contributed by atoms with Crippen LogP contribution in [0.4, 0.5) is 17.1 Å². The van der Waals surface area contributed by atoms with Crippen molar-refractivity contribution in [1.82, 2.24) is 4.57 Å². The normalized spacial score (nSPS) is 11.4. The van der Waals surface area contributed by atoms with Gasteiger partial charge in [-0.25, -0.2) is 0 Å². The minimum atomic E-state index is 1.08. The van der Waals surface area contributed by atoms with E-state index in [-0.39, 0.29) is 0 Å². The van der Waals surface area contributed by atoms with Crippen molar-refractivity contribution in [3.63, 3.8) is 0 Å². The Balaban J connectivity index is 1.05. The maximum atomic E-state index is 2.45. The van der Waals surface area contributed by atoms with Crippen LogP contribution in [-0.2, 0) is 0 Å². The minimum absolute atomic E-state index is 1.08. The predicted molar refractivity (Wildman–Crippen MR) is 272 cm³/mol. The maximum absolute atomic E-state index is 2.45. The van der Waals surface area contributed by atoms with Crippen LogP contribution in [0, 0.1) is 0 Å². The summed E-state index contributed by atoms with van der Waals surface area (Å²) in [5.41, 5.74) is 16.3. The third kappa shape index (κ3) is 6.35. The van der Waals surface area contributed by atoms with Gasteiger partial charge in [-0.15, -0.1) is 0 Å². The number of fused-ring (bicyclic) bond motifs is 5. The van der Waals surface area contributed by atoms with Crippen molar-refractivity contribution in [1.29, 1.82) is 0 Å². The SMILES string of the molecule is c1ccc(-c2cc(-c3ccccc3-n3c4ccccc4c4ccccc43)ccc2N(c2ccc(-c3ccccc3-c3cccc4ccccc34)cc2)c2cccc3ccccc23)cc1. The molecule has 0 saturated carbocycles. The number of hydrogen-bond donors (Lipinski definition) is 0. The summed E-state index contributed by atoms with van der Waals surface area (Å²) >= 11 is 0. The highest BCUT2D eigenvalue weighted by molar-refractivity contribution is 6.10. The van der Waals surface area contributed by atoms with Crippen LogP contribution in [0.3, 0.4) is 0 Å². The van der Waals surface area contributed by atoms with Crippen molar-refractivity contribution < 1.29 is 0 Å². The summed E-state index contributed by atoms with van der Waals surface area (Å²) in [5.74, 6) is 0. The molecule has 0 aliphatic rings. The molecule has 0 radical (unpaired) electrons. The molecule has 0 unspecified atom stereocenters. The van der Waals surface area contributed by atoms with Gasteiger partial charge >= 0.3 is 0 Å².